The number of halogens is 1. The van der Waals surface area contributed by atoms with E-state index in [2.05, 4.69) is 21.2 Å². The van der Waals surface area contributed by atoms with E-state index in [4.69, 9.17) is 4.74 Å². The molecule has 174 valence electrons. The minimum Gasteiger partial charge on any atom is -0.423 e. The molecular formula is C27H19BrN2O5. The van der Waals surface area contributed by atoms with Gasteiger partial charge in [0.15, 0.2) is 0 Å². The van der Waals surface area contributed by atoms with Crippen LogP contribution in [0.3, 0.4) is 0 Å². The standard InChI is InChI=1S/C27H19BrN2O5/c1-17-7-5-6-10-22(17)30-26(33)21(25(32)29-27(30)34)16-19-15-20(28)12-13-23(19)35-24(31)14-11-18-8-3-2-4-9-18/h2-16H,1H3,(H,29,32,34)/b14-11+,21-16-. The van der Waals surface area contributed by atoms with Crippen LogP contribution in [0.25, 0.3) is 12.2 Å². The lowest BCUT2D eigenvalue weighted by molar-refractivity contribution is -0.129. The highest BCUT2D eigenvalue weighted by Crippen LogP contribution is 2.29. The highest BCUT2D eigenvalue weighted by atomic mass is 79.9. The third-order valence-electron chi connectivity index (χ3n) is 5.15. The fourth-order valence-electron chi connectivity index (χ4n) is 3.44. The summed E-state index contributed by atoms with van der Waals surface area (Å²) in [5.74, 6) is -2.12. The molecule has 0 atom stereocenters. The van der Waals surface area contributed by atoms with Crippen LogP contribution in [-0.4, -0.2) is 23.8 Å². The number of benzene rings is 3. The Balaban J connectivity index is 1.66. The van der Waals surface area contributed by atoms with Crippen molar-refractivity contribution < 1.29 is 23.9 Å². The van der Waals surface area contributed by atoms with Gasteiger partial charge in [0.25, 0.3) is 11.8 Å². The van der Waals surface area contributed by atoms with E-state index in [-0.39, 0.29) is 11.3 Å². The summed E-state index contributed by atoms with van der Waals surface area (Å²) in [7, 11) is 0. The first-order valence-corrected chi connectivity index (χ1v) is 11.3. The summed E-state index contributed by atoms with van der Waals surface area (Å²) in [6.07, 6.45) is 4.19. The summed E-state index contributed by atoms with van der Waals surface area (Å²) < 4.78 is 6.11. The fourth-order valence-corrected chi connectivity index (χ4v) is 3.82. The van der Waals surface area contributed by atoms with Gasteiger partial charge in [-0.15, -0.1) is 0 Å². The molecule has 1 heterocycles. The Morgan fingerprint density at radius 1 is 0.971 bits per heavy atom. The molecular weight excluding hydrogens is 512 g/mol. The number of ether oxygens (including phenoxy) is 1. The van der Waals surface area contributed by atoms with Gasteiger partial charge in [0.1, 0.15) is 11.3 Å². The number of carbonyl (C=O) groups is 4. The van der Waals surface area contributed by atoms with E-state index < -0.39 is 23.8 Å². The van der Waals surface area contributed by atoms with E-state index in [0.29, 0.717) is 21.3 Å². The van der Waals surface area contributed by atoms with Gasteiger partial charge in [-0.05, 0) is 54.5 Å². The Labute approximate surface area is 209 Å². The molecule has 0 radical (unpaired) electrons. The van der Waals surface area contributed by atoms with Gasteiger partial charge in [-0.3, -0.25) is 14.9 Å². The lowest BCUT2D eigenvalue weighted by Crippen LogP contribution is -2.54. The smallest absolute Gasteiger partial charge is 0.336 e. The second-order valence-corrected chi connectivity index (χ2v) is 8.51. The summed E-state index contributed by atoms with van der Waals surface area (Å²) in [4.78, 5) is 51.6. The fraction of sp³-hybridized carbons (Fsp3) is 0.0370. The summed E-state index contributed by atoms with van der Waals surface area (Å²) in [6, 6.07) is 20.1. The van der Waals surface area contributed by atoms with Crippen molar-refractivity contribution in [3.8, 4) is 5.75 Å². The number of carbonyl (C=O) groups excluding carboxylic acids is 4. The third kappa shape index (κ3) is 5.44. The molecule has 0 aromatic heterocycles. The number of aryl methyl sites for hydroxylation is 1. The van der Waals surface area contributed by atoms with Gasteiger partial charge in [0.2, 0.25) is 0 Å². The van der Waals surface area contributed by atoms with Crippen molar-refractivity contribution >= 4 is 57.6 Å². The number of amides is 4. The average molecular weight is 531 g/mol. The van der Waals surface area contributed by atoms with E-state index in [1.165, 1.54) is 12.2 Å². The number of urea groups is 1. The number of barbiturate groups is 1. The van der Waals surface area contributed by atoms with Crippen LogP contribution in [0.15, 0.2) is 88.9 Å². The lowest BCUT2D eigenvalue weighted by Gasteiger charge is -2.27. The van der Waals surface area contributed by atoms with Crippen LogP contribution in [0, 0.1) is 6.92 Å². The number of nitrogens with zero attached hydrogens (tertiary/aromatic N) is 1. The molecule has 3 aromatic carbocycles. The van der Waals surface area contributed by atoms with Gasteiger partial charge < -0.3 is 4.74 Å². The van der Waals surface area contributed by atoms with Gasteiger partial charge in [-0.1, -0.05) is 64.5 Å². The Morgan fingerprint density at radius 3 is 2.43 bits per heavy atom. The second-order valence-electron chi connectivity index (χ2n) is 7.59. The van der Waals surface area contributed by atoms with Crippen LogP contribution in [0.4, 0.5) is 10.5 Å². The van der Waals surface area contributed by atoms with Crippen LogP contribution in [0.1, 0.15) is 16.7 Å². The van der Waals surface area contributed by atoms with Crippen molar-refractivity contribution in [3.63, 3.8) is 0 Å². The number of para-hydroxylation sites is 1. The van der Waals surface area contributed by atoms with Crippen molar-refractivity contribution in [1.82, 2.24) is 5.32 Å². The number of rotatable bonds is 5. The van der Waals surface area contributed by atoms with Crippen molar-refractivity contribution in [3.05, 3.63) is 106 Å². The van der Waals surface area contributed by atoms with Crippen LogP contribution >= 0.6 is 15.9 Å². The molecule has 0 bridgehead atoms. The second kappa shape index (κ2) is 10.3. The van der Waals surface area contributed by atoms with E-state index >= 15 is 0 Å². The first-order chi connectivity index (χ1) is 16.8. The highest BCUT2D eigenvalue weighted by Gasteiger charge is 2.37. The minimum absolute atomic E-state index is 0.142. The molecule has 8 heteroatoms. The molecule has 1 aliphatic heterocycles. The Hall–Kier alpha value is -4.30. The van der Waals surface area contributed by atoms with Crippen molar-refractivity contribution in [2.24, 2.45) is 0 Å². The summed E-state index contributed by atoms with van der Waals surface area (Å²) >= 11 is 3.35. The van der Waals surface area contributed by atoms with Crippen LogP contribution in [-0.2, 0) is 14.4 Å². The van der Waals surface area contributed by atoms with E-state index in [1.807, 2.05) is 30.3 Å². The number of nitrogens with one attached hydrogen (secondary N) is 1. The first kappa shape index (κ1) is 23.8. The molecule has 7 nitrogen and oxygen atoms in total. The largest absolute Gasteiger partial charge is 0.423 e. The third-order valence-corrected chi connectivity index (χ3v) is 5.64. The molecule has 0 unspecified atom stereocenters. The topological polar surface area (TPSA) is 92.8 Å². The van der Waals surface area contributed by atoms with Crippen molar-refractivity contribution in [2.75, 3.05) is 4.90 Å². The van der Waals surface area contributed by atoms with Gasteiger partial charge in [-0.2, -0.15) is 0 Å². The van der Waals surface area contributed by atoms with Gasteiger partial charge >= 0.3 is 12.0 Å². The maximum atomic E-state index is 13.2. The van der Waals surface area contributed by atoms with Gasteiger partial charge in [0.05, 0.1) is 5.69 Å². The zero-order valence-electron chi connectivity index (χ0n) is 18.5. The molecule has 3 aromatic rings. The van der Waals surface area contributed by atoms with Gasteiger partial charge in [0, 0.05) is 16.1 Å². The number of hydrogen-bond donors (Lipinski definition) is 1. The molecule has 35 heavy (non-hydrogen) atoms. The molecule has 0 spiro atoms. The van der Waals surface area contributed by atoms with E-state index in [1.54, 1.807) is 55.5 Å². The zero-order valence-corrected chi connectivity index (χ0v) is 20.1. The molecule has 1 N–H and O–H groups in total. The number of imide groups is 2. The monoisotopic (exact) mass is 530 g/mol. The predicted octanol–water partition coefficient (Wildman–Crippen LogP) is 5.04. The van der Waals surface area contributed by atoms with Crippen LogP contribution < -0.4 is 15.0 Å². The predicted molar refractivity (Wildman–Crippen MR) is 135 cm³/mol. The molecule has 4 amide bonds. The SMILES string of the molecule is Cc1ccccc1N1C(=O)NC(=O)/C(=C/c2cc(Br)ccc2OC(=O)/C=C/c2ccccc2)C1=O. The van der Waals surface area contributed by atoms with E-state index in [0.717, 1.165) is 10.5 Å². The number of esters is 1. The molecule has 1 fully saturated rings. The Kier molecular flexibility index (Phi) is 7.03. The van der Waals surface area contributed by atoms with Crippen molar-refractivity contribution in [1.29, 1.82) is 0 Å². The lowest BCUT2D eigenvalue weighted by atomic mass is 10.1. The number of hydrogen-bond acceptors (Lipinski definition) is 5. The first-order valence-electron chi connectivity index (χ1n) is 10.5. The minimum atomic E-state index is -0.842. The van der Waals surface area contributed by atoms with Crippen LogP contribution in [0.2, 0.25) is 0 Å². The highest BCUT2D eigenvalue weighted by molar-refractivity contribution is 9.10. The summed E-state index contributed by atoms with van der Waals surface area (Å²) in [5, 5.41) is 2.20. The molecule has 1 saturated heterocycles. The molecule has 0 saturated carbocycles. The molecule has 1 aliphatic rings. The van der Waals surface area contributed by atoms with Crippen molar-refractivity contribution in [2.45, 2.75) is 6.92 Å². The molecule has 0 aliphatic carbocycles. The zero-order chi connectivity index (χ0) is 24.9. The average Bonchev–Trinajstić information content (AvgIpc) is 2.84. The normalized spacial score (nSPS) is 15.0. The van der Waals surface area contributed by atoms with Gasteiger partial charge in [-0.25, -0.2) is 14.5 Å². The maximum absolute atomic E-state index is 13.2. The number of anilines is 1. The molecule has 4 rings (SSSR count). The maximum Gasteiger partial charge on any atom is 0.336 e. The summed E-state index contributed by atoms with van der Waals surface area (Å²) in [6.45, 7) is 1.75. The summed E-state index contributed by atoms with van der Waals surface area (Å²) in [5.41, 5.74) is 1.90. The Morgan fingerprint density at radius 2 is 1.69 bits per heavy atom. The Bertz CT molecular complexity index is 1400. The van der Waals surface area contributed by atoms with Crippen LogP contribution in [0.5, 0.6) is 5.75 Å². The van der Waals surface area contributed by atoms with E-state index in [9.17, 15) is 19.2 Å². The quantitative estimate of drug-likeness (QED) is 0.216.